The maximum atomic E-state index is 12.9. The molecular formula is C22H18ClN3O5S2. The van der Waals surface area contributed by atoms with Gasteiger partial charge in [-0.25, -0.2) is 13.4 Å². The first-order chi connectivity index (χ1) is 15.7. The zero-order valence-corrected chi connectivity index (χ0v) is 20.0. The van der Waals surface area contributed by atoms with E-state index < -0.39 is 21.4 Å². The average Bonchev–Trinajstić information content (AvgIpc) is 3.21. The molecule has 11 heteroatoms. The van der Waals surface area contributed by atoms with Crippen molar-refractivity contribution < 1.29 is 17.9 Å². The summed E-state index contributed by atoms with van der Waals surface area (Å²) in [7, 11) is -2.43. The van der Waals surface area contributed by atoms with Crippen molar-refractivity contribution in [2.45, 2.75) is 17.6 Å². The Morgan fingerprint density at radius 1 is 1.21 bits per heavy atom. The van der Waals surface area contributed by atoms with Crippen molar-refractivity contribution in [3.8, 4) is 11.8 Å². The van der Waals surface area contributed by atoms with Crippen LogP contribution in [-0.4, -0.2) is 41.6 Å². The van der Waals surface area contributed by atoms with Crippen LogP contribution in [0.1, 0.15) is 11.1 Å². The lowest BCUT2D eigenvalue weighted by molar-refractivity contribution is -0.116. The molecule has 0 amide bonds. The highest BCUT2D eigenvalue weighted by atomic mass is 35.5. The predicted octanol–water partition coefficient (Wildman–Crippen LogP) is 3.40. The summed E-state index contributed by atoms with van der Waals surface area (Å²) in [6.45, 7) is 1.94. The molecule has 0 bridgehead atoms. The van der Waals surface area contributed by atoms with Gasteiger partial charge in [-0.1, -0.05) is 29.3 Å². The van der Waals surface area contributed by atoms with Gasteiger partial charge in [-0.15, -0.1) is 11.3 Å². The highest BCUT2D eigenvalue weighted by Gasteiger charge is 2.23. The van der Waals surface area contributed by atoms with Crippen LogP contribution >= 0.6 is 22.9 Å². The van der Waals surface area contributed by atoms with E-state index in [0.29, 0.717) is 15.3 Å². The van der Waals surface area contributed by atoms with Crippen LogP contribution in [-0.2, 0) is 21.1 Å². The summed E-state index contributed by atoms with van der Waals surface area (Å²) in [6.07, 6.45) is 2.69. The van der Waals surface area contributed by atoms with Gasteiger partial charge in [0.25, 0.3) is 5.56 Å². The van der Waals surface area contributed by atoms with Crippen molar-refractivity contribution >= 4 is 49.3 Å². The maximum absolute atomic E-state index is 12.9. The molecule has 0 unspecified atom stereocenters. The van der Waals surface area contributed by atoms with E-state index in [9.17, 15) is 18.0 Å². The number of hydrogen-bond acceptors (Lipinski definition) is 8. The summed E-state index contributed by atoms with van der Waals surface area (Å²) >= 11 is 6.70. The quantitative estimate of drug-likeness (QED) is 0.380. The molecule has 8 nitrogen and oxygen atoms in total. The summed E-state index contributed by atoms with van der Waals surface area (Å²) < 4.78 is 31.8. The number of ketones is 1. The summed E-state index contributed by atoms with van der Waals surface area (Å²) in [5.41, 5.74) is 1.06. The number of hydrogen-bond donors (Lipinski definition) is 0. The number of halogens is 1. The largest absolute Gasteiger partial charge is 0.481 e. The zero-order chi connectivity index (χ0) is 23.8. The molecule has 4 aromatic rings. The Bertz CT molecular complexity index is 1540. The van der Waals surface area contributed by atoms with E-state index in [1.54, 1.807) is 18.3 Å². The van der Waals surface area contributed by atoms with Gasteiger partial charge in [-0.2, -0.15) is 4.98 Å². The molecule has 0 radical (unpaired) electrons. The van der Waals surface area contributed by atoms with Crippen molar-refractivity contribution in [1.82, 2.24) is 14.5 Å². The molecule has 0 aliphatic rings. The first-order valence-corrected chi connectivity index (χ1v) is 12.5. The SMILES string of the molecule is COc1nc(-n2ccc3cc(C)ccc3c2=O)ncc1CC(=O)CS(=O)(=O)c1ccc(Cl)s1. The van der Waals surface area contributed by atoms with Gasteiger partial charge >= 0.3 is 0 Å². The third kappa shape index (κ3) is 4.82. The Kier molecular flexibility index (Phi) is 6.33. The molecule has 0 saturated carbocycles. The molecule has 0 N–H and O–H groups in total. The van der Waals surface area contributed by atoms with Crippen LogP contribution in [0.4, 0.5) is 0 Å². The summed E-state index contributed by atoms with van der Waals surface area (Å²) in [5.74, 6) is -1.07. The lowest BCUT2D eigenvalue weighted by Crippen LogP contribution is -2.21. The van der Waals surface area contributed by atoms with E-state index in [2.05, 4.69) is 9.97 Å². The van der Waals surface area contributed by atoms with E-state index in [4.69, 9.17) is 16.3 Å². The molecule has 33 heavy (non-hydrogen) atoms. The molecule has 0 atom stereocenters. The molecule has 0 spiro atoms. The van der Waals surface area contributed by atoms with E-state index in [0.717, 1.165) is 22.3 Å². The fraction of sp³-hybridized carbons (Fsp3) is 0.182. The number of carbonyl (C=O) groups excluding carboxylic acids is 1. The normalized spacial score (nSPS) is 11.6. The van der Waals surface area contributed by atoms with Gasteiger partial charge in [0.2, 0.25) is 11.8 Å². The smallest absolute Gasteiger partial charge is 0.265 e. The predicted molar refractivity (Wildman–Crippen MR) is 127 cm³/mol. The lowest BCUT2D eigenvalue weighted by atomic mass is 10.1. The number of pyridine rings is 1. The number of aromatic nitrogens is 3. The monoisotopic (exact) mass is 503 g/mol. The van der Waals surface area contributed by atoms with Gasteiger partial charge in [0.1, 0.15) is 9.96 Å². The highest BCUT2D eigenvalue weighted by Crippen LogP contribution is 2.27. The lowest BCUT2D eigenvalue weighted by Gasteiger charge is -2.10. The standard InChI is InChI=1S/C22H18ClN3O5S2/c1-13-3-4-17-14(9-13)7-8-26(21(17)28)22-24-11-15(20(25-22)31-2)10-16(27)12-33(29,30)19-6-5-18(23)32-19/h3-9,11H,10,12H2,1-2H3. The van der Waals surface area contributed by atoms with Gasteiger partial charge in [-0.3, -0.25) is 14.2 Å². The Hall–Kier alpha value is -3.08. The number of nitrogens with zero attached hydrogens (tertiary/aromatic N) is 3. The number of fused-ring (bicyclic) bond motifs is 1. The molecule has 0 aliphatic carbocycles. The Balaban J connectivity index is 1.60. The van der Waals surface area contributed by atoms with Crippen molar-refractivity contribution in [3.05, 3.63) is 74.6 Å². The second kappa shape index (κ2) is 9.05. The Morgan fingerprint density at radius 2 is 2.00 bits per heavy atom. The number of aryl methyl sites for hydroxylation is 1. The molecule has 1 aromatic carbocycles. The third-order valence-electron chi connectivity index (χ3n) is 4.87. The number of methoxy groups -OCH3 is 1. The molecule has 0 fully saturated rings. The highest BCUT2D eigenvalue weighted by molar-refractivity contribution is 7.94. The fourth-order valence-corrected chi connectivity index (χ4v) is 6.14. The maximum Gasteiger partial charge on any atom is 0.265 e. The summed E-state index contributed by atoms with van der Waals surface area (Å²) in [4.78, 5) is 33.9. The Morgan fingerprint density at radius 3 is 2.70 bits per heavy atom. The fourth-order valence-electron chi connectivity index (χ4n) is 3.33. The van der Waals surface area contributed by atoms with E-state index in [1.807, 2.05) is 19.1 Å². The van der Waals surface area contributed by atoms with Crippen molar-refractivity contribution in [2.24, 2.45) is 0 Å². The van der Waals surface area contributed by atoms with Gasteiger partial charge in [0.05, 0.1) is 11.4 Å². The number of carbonyl (C=O) groups is 1. The number of sulfone groups is 1. The minimum absolute atomic E-state index is 0.0327. The van der Waals surface area contributed by atoms with E-state index in [-0.39, 0.29) is 28.0 Å². The van der Waals surface area contributed by atoms with Crippen LogP contribution in [0.2, 0.25) is 4.34 Å². The molecule has 0 aliphatic heterocycles. The van der Waals surface area contributed by atoms with E-state index >= 15 is 0 Å². The van der Waals surface area contributed by atoms with Gasteiger partial charge in [0, 0.05) is 29.8 Å². The van der Waals surface area contributed by atoms with Crippen molar-refractivity contribution in [1.29, 1.82) is 0 Å². The number of rotatable bonds is 7. The molecule has 4 rings (SSSR count). The summed E-state index contributed by atoms with van der Waals surface area (Å²) in [6, 6.07) is 10.1. The topological polar surface area (TPSA) is 108 Å². The van der Waals surface area contributed by atoms with Crippen molar-refractivity contribution in [3.63, 3.8) is 0 Å². The van der Waals surface area contributed by atoms with Crippen molar-refractivity contribution in [2.75, 3.05) is 12.9 Å². The third-order valence-corrected chi connectivity index (χ3v) is 8.36. The van der Waals surface area contributed by atoms with Gasteiger partial charge in [0.15, 0.2) is 15.6 Å². The van der Waals surface area contributed by atoms with Crippen LogP contribution in [0.15, 0.2) is 57.8 Å². The molecule has 170 valence electrons. The average molecular weight is 504 g/mol. The first kappa shape index (κ1) is 23.1. The number of ether oxygens (including phenoxy) is 1. The second-order valence-corrected chi connectivity index (χ2v) is 11.3. The minimum atomic E-state index is -3.80. The minimum Gasteiger partial charge on any atom is -0.481 e. The van der Waals surface area contributed by atoms with Crippen LogP contribution in [0.5, 0.6) is 5.88 Å². The van der Waals surface area contributed by atoms with Crippen LogP contribution in [0.3, 0.4) is 0 Å². The van der Waals surface area contributed by atoms with Crippen LogP contribution in [0.25, 0.3) is 16.7 Å². The van der Waals surface area contributed by atoms with Gasteiger partial charge in [-0.05, 0) is 36.6 Å². The van der Waals surface area contributed by atoms with E-state index in [1.165, 1.54) is 30.0 Å². The number of benzene rings is 1. The Labute approximate surface area is 198 Å². The van der Waals surface area contributed by atoms with Crippen LogP contribution in [0, 0.1) is 6.92 Å². The number of Topliss-reactive ketones (excluding diaryl/α,β-unsaturated/α-hetero) is 1. The molecular weight excluding hydrogens is 486 g/mol. The zero-order valence-electron chi connectivity index (χ0n) is 17.6. The summed E-state index contributed by atoms with van der Waals surface area (Å²) in [5, 5.41) is 1.32. The first-order valence-electron chi connectivity index (χ1n) is 9.70. The number of thiophene rings is 1. The van der Waals surface area contributed by atoms with Crippen LogP contribution < -0.4 is 10.3 Å². The van der Waals surface area contributed by atoms with Gasteiger partial charge < -0.3 is 4.74 Å². The second-order valence-electron chi connectivity index (χ2n) is 7.32. The molecule has 0 saturated heterocycles. The molecule has 3 heterocycles. The molecule has 3 aromatic heterocycles.